The first kappa shape index (κ1) is 25.5. The van der Waals surface area contributed by atoms with Gasteiger partial charge in [-0.3, -0.25) is 14.6 Å². The van der Waals surface area contributed by atoms with Crippen LogP contribution in [0.2, 0.25) is 5.02 Å². The normalized spacial score (nSPS) is 23.9. The van der Waals surface area contributed by atoms with E-state index in [9.17, 15) is 9.59 Å². The minimum atomic E-state index is -0.680. The lowest BCUT2D eigenvalue weighted by Crippen LogP contribution is -2.39. The van der Waals surface area contributed by atoms with Gasteiger partial charge in [-0.25, -0.2) is 0 Å². The second kappa shape index (κ2) is 10.7. The molecule has 0 spiro atoms. The Labute approximate surface area is 222 Å². The fourth-order valence-electron chi connectivity index (χ4n) is 6.01. The van der Waals surface area contributed by atoms with Gasteiger partial charge in [0.2, 0.25) is 0 Å². The van der Waals surface area contributed by atoms with E-state index in [2.05, 4.69) is 0 Å². The maximum absolute atomic E-state index is 13.8. The van der Waals surface area contributed by atoms with E-state index in [1.165, 1.54) is 0 Å². The zero-order chi connectivity index (χ0) is 26.1. The van der Waals surface area contributed by atoms with E-state index < -0.39 is 11.8 Å². The number of Topliss-reactive ketones (excluding diaryl/α,β-unsaturated/α-hetero) is 1. The third-order valence-electron chi connectivity index (χ3n) is 7.85. The van der Waals surface area contributed by atoms with Crippen LogP contribution in [0.4, 0.5) is 0 Å². The van der Waals surface area contributed by atoms with E-state index >= 15 is 0 Å². The van der Waals surface area contributed by atoms with Gasteiger partial charge in [-0.2, -0.15) is 0 Å². The van der Waals surface area contributed by atoms with Crippen molar-refractivity contribution in [3.8, 4) is 11.5 Å². The molecule has 1 unspecified atom stereocenters. The molecule has 2 aliphatic carbocycles. The van der Waals surface area contributed by atoms with Crippen LogP contribution < -0.4 is 9.47 Å². The Balaban J connectivity index is 1.54. The van der Waals surface area contributed by atoms with E-state index in [4.69, 9.17) is 30.8 Å². The zero-order valence-electron chi connectivity index (χ0n) is 21.5. The molecule has 0 saturated heterocycles. The molecule has 0 N–H and O–H groups in total. The number of aliphatic imine (C=N–C) groups is 1. The molecular formula is C30H32ClNO5. The molecule has 5 rings (SSSR count). The first-order valence-electron chi connectivity index (χ1n) is 12.9. The van der Waals surface area contributed by atoms with E-state index in [1.54, 1.807) is 20.3 Å². The fourth-order valence-corrected chi connectivity index (χ4v) is 6.27. The molecule has 3 atom stereocenters. The molecule has 0 radical (unpaired) electrons. The molecule has 7 heteroatoms. The van der Waals surface area contributed by atoms with Crippen molar-refractivity contribution in [2.24, 2.45) is 10.9 Å². The van der Waals surface area contributed by atoms with Crippen LogP contribution in [0.25, 0.3) is 0 Å². The van der Waals surface area contributed by atoms with Crippen LogP contribution in [0.3, 0.4) is 0 Å². The molecule has 2 aromatic carbocycles. The Morgan fingerprint density at radius 2 is 1.73 bits per heavy atom. The Hall–Kier alpha value is -3.12. The highest BCUT2D eigenvalue weighted by Crippen LogP contribution is 2.49. The third kappa shape index (κ3) is 4.91. The summed E-state index contributed by atoms with van der Waals surface area (Å²) in [6.45, 7) is 1.86. The van der Waals surface area contributed by atoms with Gasteiger partial charge in [-0.05, 0) is 74.3 Å². The molecule has 1 saturated carbocycles. The number of methoxy groups -OCH3 is 2. The number of hydrogen-bond donors (Lipinski definition) is 0. The predicted octanol–water partition coefficient (Wildman–Crippen LogP) is 6.42. The molecule has 0 amide bonds. The van der Waals surface area contributed by atoms with Crippen LogP contribution in [0.1, 0.15) is 68.4 Å². The topological polar surface area (TPSA) is 74.2 Å². The Bertz CT molecular complexity index is 1280. The van der Waals surface area contributed by atoms with Gasteiger partial charge < -0.3 is 14.2 Å². The number of ketones is 1. The highest BCUT2D eigenvalue weighted by atomic mass is 35.5. The number of hydrogen-bond acceptors (Lipinski definition) is 6. The van der Waals surface area contributed by atoms with Crippen LogP contribution in [-0.2, 0) is 14.3 Å². The maximum Gasteiger partial charge on any atom is 0.315 e. The van der Waals surface area contributed by atoms with Crippen LogP contribution in [0.5, 0.6) is 11.5 Å². The number of benzene rings is 2. The fraction of sp³-hybridized carbons (Fsp3) is 0.433. The van der Waals surface area contributed by atoms with Crippen LogP contribution in [0.15, 0.2) is 58.7 Å². The second-order valence-electron chi connectivity index (χ2n) is 10.1. The summed E-state index contributed by atoms with van der Waals surface area (Å²) < 4.78 is 16.8. The van der Waals surface area contributed by atoms with Crippen LogP contribution in [0, 0.1) is 5.92 Å². The van der Waals surface area contributed by atoms with Crippen molar-refractivity contribution in [1.29, 1.82) is 0 Å². The van der Waals surface area contributed by atoms with Gasteiger partial charge in [0, 0.05) is 34.3 Å². The van der Waals surface area contributed by atoms with Crippen molar-refractivity contribution < 1.29 is 23.8 Å². The van der Waals surface area contributed by atoms with E-state index in [0.29, 0.717) is 40.6 Å². The molecule has 6 nitrogen and oxygen atoms in total. The molecule has 37 heavy (non-hydrogen) atoms. The predicted molar refractivity (Wildman–Crippen MR) is 143 cm³/mol. The average molecular weight is 522 g/mol. The van der Waals surface area contributed by atoms with Crippen molar-refractivity contribution in [1.82, 2.24) is 0 Å². The first-order valence-corrected chi connectivity index (χ1v) is 13.3. The first-order chi connectivity index (χ1) is 17.9. The third-order valence-corrected chi connectivity index (χ3v) is 8.19. The molecule has 1 aliphatic heterocycles. The maximum atomic E-state index is 13.8. The molecule has 194 valence electrons. The van der Waals surface area contributed by atoms with Crippen molar-refractivity contribution in [3.05, 3.63) is 69.9 Å². The Morgan fingerprint density at radius 3 is 2.43 bits per heavy atom. The van der Waals surface area contributed by atoms with E-state index in [0.717, 1.165) is 42.5 Å². The van der Waals surface area contributed by atoms with Gasteiger partial charge in [0.25, 0.3) is 0 Å². The average Bonchev–Trinajstić information content (AvgIpc) is 3.40. The monoisotopic (exact) mass is 521 g/mol. The van der Waals surface area contributed by atoms with Gasteiger partial charge in [0.1, 0.15) is 12.0 Å². The summed E-state index contributed by atoms with van der Waals surface area (Å²) in [7, 11) is 3.20. The molecule has 0 bridgehead atoms. The lowest BCUT2D eigenvalue weighted by atomic mass is 9.69. The molecule has 3 aliphatic rings. The molecule has 1 fully saturated rings. The van der Waals surface area contributed by atoms with E-state index in [-0.39, 0.29) is 23.8 Å². The number of carbonyl (C=O) groups excluding carboxylic acids is 2. The zero-order valence-corrected chi connectivity index (χ0v) is 22.2. The SMILES string of the molecule is COc1ccc([C@@H]2CC(=O)C3=C(C2)N=C(C)C(C(=O)OC2CCCC2)[C@@H]3c2ccccc2Cl)cc1OC. The highest BCUT2D eigenvalue weighted by molar-refractivity contribution is 6.31. The van der Waals surface area contributed by atoms with Gasteiger partial charge in [0.05, 0.1) is 14.2 Å². The summed E-state index contributed by atoms with van der Waals surface area (Å²) >= 11 is 6.66. The number of rotatable bonds is 6. The minimum absolute atomic E-state index is 0.0131. The van der Waals surface area contributed by atoms with Crippen molar-refractivity contribution in [2.75, 3.05) is 14.2 Å². The number of halogens is 1. The van der Waals surface area contributed by atoms with Crippen molar-refractivity contribution >= 4 is 29.1 Å². The summed E-state index contributed by atoms with van der Waals surface area (Å²) in [5.74, 6) is -0.326. The van der Waals surface area contributed by atoms with Gasteiger partial charge >= 0.3 is 5.97 Å². The minimum Gasteiger partial charge on any atom is -0.493 e. The van der Waals surface area contributed by atoms with Crippen molar-refractivity contribution in [2.45, 2.75) is 63.4 Å². The van der Waals surface area contributed by atoms with Crippen LogP contribution in [-0.4, -0.2) is 37.8 Å². The standard InChI is InChI=1S/C30H32ClNO5/c1-17-27(30(34)37-20-8-4-5-9-20)28(21-10-6-7-11-22(21)31)29-23(32-17)14-19(15-24(29)33)18-12-13-25(35-2)26(16-18)36-3/h6-7,10-13,16,19-20,27-28H,4-5,8-9,14-15H2,1-3H3/t19-,27?,28-/m0/s1. The molecular weight excluding hydrogens is 490 g/mol. The lowest BCUT2D eigenvalue weighted by molar-refractivity contribution is -0.151. The second-order valence-corrected chi connectivity index (χ2v) is 10.5. The van der Waals surface area contributed by atoms with Gasteiger partial charge in [0.15, 0.2) is 17.3 Å². The van der Waals surface area contributed by atoms with Crippen LogP contribution >= 0.6 is 11.6 Å². The smallest absolute Gasteiger partial charge is 0.315 e. The Kier molecular flexibility index (Phi) is 7.38. The lowest BCUT2D eigenvalue weighted by Gasteiger charge is -2.37. The van der Waals surface area contributed by atoms with Gasteiger partial charge in [-0.15, -0.1) is 0 Å². The van der Waals surface area contributed by atoms with E-state index in [1.807, 2.05) is 43.3 Å². The number of nitrogens with zero attached hydrogens (tertiary/aromatic N) is 1. The number of carbonyl (C=O) groups is 2. The summed E-state index contributed by atoms with van der Waals surface area (Å²) in [5, 5.41) is 0.530. The molecule has 0 aromatic heterocycles. The highest BCUT2D eigenvalue weighted by Gasteiger charge is 2.46. The number of allylic oxidation sites excluding steroid dienone is 2. The summed E-state index contributed by atoms with van der Waals surface area (Å²) in [5.41, 5.74) is 3.72. The summed E-state index contributed by atoms with van der Waals surface area (Å²) in [4.78, 5) is 32.2. The van der Waals surface area contributed by atoms with Gasteiger partial charge in [-0.1, -0.05) is 35.9 Å². The molecule has 1 heterocycles. The Morgan fingerprint density at radius 1 is 1.00 bits per heavy atom. The largest absolute Gasteiger partial charge is 0.493 e. The summed E-state index contributed by atoms with van der Waals surface area (Å²) in [6.07, 6.45) is 4.72. The molecule has 2 aromatic rings. The summed E-state index contributed by atoms with van der Waals surface area (Å²) in [6, 6.07) is 13.2. The quantitative estimate of drug-likeness (QED) is 0.410. The number of ether oxygens (including phenoxy) is 3. The van der Waals surface area contributed by atoms with Crippen molar-refractivity contribution in [3.63, 3.8) is 0 Å². The number of esters is 1.